The Morgan fingerprint density at radius 1 is 0.909 bits per heavy atom. The Bertz CT molecular complexity index is 1320. The molecule has 0 fully saturated rings. The van der Waals surface area contributed by atoms with Crippen LogP contribution in [0.3, 0.4) is 0 Å². The van der Waals surface area contributed by atoms with Crippen LogP contribution in [0.25, 0.3) is 33.3 Å². The van der Waals surface area contributed by atoms with Gasteiger partial charge in [-0.3, -0.25) is 4.98 Å². The van der Waals surface area contributed by atoms with Crippen LogP contribution in [0.5, 0.6) is 0 Å². The molecule has 33 heavy (non-hydrogen) atoms. The smallest absolute Gasteiger partial charge is 0.339 e. The van der Waals surface area contributed by atoms with Crippen molar-refractivity contribution in [3.05, 3.63) is 90.0 Å². The monoisotopic (exact) mass is 616 g/mol. The van der Waals surface area contributed by atoms with E-state index in [4.69, 9.17) is 14.9 Å². The first-order valence-corrected chi connectivity index (χ1v) is 10.9. The van der Waals surface area contributed by atoms with Gasteiger partial charge in [0.1, 0.15) is 5.41 Å². The number of pyridine rings is 1. The molecule has 3 nitrogen and oxygen atoms in total. The Kier molecular flexibility index (Phi) is 6.93. The molecule has 1 radical (unpaired) electrons. The zero-order valence-electron chi connectivity index (χ0n) is 19.6. The van der Waals surface area contributed by atoms with Gasteiger partial charge < -0.3 is 9.90 Å². The van der Waals surface area contributed by atoms with E-state index in [1.165, 1.54) is 27.6 Å². The van der Waals surface area contributed by atoms with Crippen LogP contribution in [0.2, 0.25) is 0 Å². The van der Waals surface area contributed by atoms with E-state index in [1.807, 2.05) is 12.1 Å². The Labute approximate surface area is 209 Å². The number of hydrogen-bond donors (Lipinski definition) is 1. The van der Waals surface area contributed by atoms with E-state index in [2.05, 4.69) is 80.6 Å². The molecule has 1 heterocycles. The third-order valence-electron chi connectivity index (χ3n) is 6.06. The summed E-state index contributed by atoms with van der Waals surface area (Å²) in [6.45, 7) is 9.78. The van der Waals surface area contributed by atoms with Crippen LogP contribution in [0, 0.1) is 11.5 Å². The topological polar surface area (TPSA) is 54.5 Å². The van der Waals surface area contributed by atoms with Crippen LogP contribution in [0.4, 0.5) is 0 Å². The second-order valence-corrected chi connectivity index (χ2v) is 9.81. The Hall–Kier alpha value is -2.81. The molecule has 4 heteroatoms. The van der Waals surface area contributed by atoms with Crippen molar-refractivity contribution in [1.29, 1.82) is 0 Å². The van der Waals surface area contributed by atoms with E-state index in [1.54, 1.807) is 20.8 Å². The molecular weight excluding hydrogens is 587 g/mol. The van der Waals surface area contributed by atoms with Crippen molar-refractivity contribution < 1.29 is 30.0 Å². The van der Waals surface area contributed by atoms with E-state index in [0.717, 1.165) is 16.8 Å². The summed E-state index contributed by atoms with van der Waals surface area (Å²) in [5, 5.41) is 9.53. The summed E-state index contributed by atoms with van der Waals surface area (Å²) in [6, 6.07) is 29.0. The second kappa shape index (κ2) is 9.21. The van der Waals surface area contributed by atoms with E-state index < -0.39 is 11.4 Å². The fraction of sp³-hybridized carbons (Fsp3) is 0.241. The van der Waals surface area contributed by atoms with Crippen molar-refractivity contribution in [3.63, 3.8) is 0 Å². The van der Waals surface area contributed by atoms with E-state index >= 15 is 0 Å². The fourth-order valence-electron chi connectivity index (χ4n) is 4.00. The molecule has 2 N–H and O–H groups in total. The molecule has 1 aromatic heterocycles. The Morgan fingerprint density at radius 3 is 2.24 bits per heavy atom. The molecule has 1 aliphatic carbocycles. The van der Waals surface area contributed by atoms with Gasteiger partial charge >= 0.3 is 5.97 Å². The summed E-state index contributed by atoms with van der Waals surface area (Å²) in [7, 11) is 0. The van der Waals surface area contributed by atoms with Crippen LogP contribution in [-0.2, 0) is 25.5 Å². The van der Waals surface area contributed by atoms with Gasteiger partial charge in [-0.25, -0.2) is 0 Å². The standard InChI is InChI=1S/C24H18N.C5H10O2.Ir/c1-24(2)20-9-5-4-8-18(20)19-13-11-17(15-21(19)24)23-14-12-16-7-3-6-10-22(16)25-23;1-5(2,3)4(6)7;/h3-10,12-15H,1-2H3;1-3H3,(H,6,7);/q-1;;/p+1. The largest absolute Gasteiger partial charge is 0.485 e. The summed E-state index contributed by atoms with van der Waals surface area (Å²) in [5.41, 5.74) is 7.98. The molecule has 0 saturated carbocycles. The maximum atomic E-state index is 8.36. The number of hydrogen-bond acceptors (Lipinski definition) is 1. The quantitative estimate of drug-likeness (QED) is 0.184. The Balaban J connectivity index is 0.000000337. The van der Waals surface area contributed by atoms with Crippen LogP contribution in [0.1, 0.15) is 45.7 Å². The number of carboxylic acids is 1. The molecule has 0 amide bonds. The first-order valence-electron chi connectivity index (χ1n) is 10.9. The molecule has 0 spiro atoms. The van der Waals surface area contributed by atoms with Gasteiger partial charge in [-0.2, -0.15) is 0 Å². The van der Waals surface area contributed by atoms with Crippen molar-refractivity contribution in [2.45, 2.75) is 40.0 Å². The molecule has 0 aliphatic heterocycles. The van der Waals surface area contributed by atoms with Gasteiger partial charge in [-0.15, -0.1) is 29.3 Å². The summed E-state index contributed by atoms with van der Waals surface area (Å²) in [6.07, 6.45) is 0. The second-order valence-electron chi connectivity index (χ2n) is 9.81. The molecular formula is C29H29IrNO2. The average Bonchev–Trinajstić information content (AvgIpc) is 3.00. The fourth-order valence-corrected chi connectivity index (χ4v) is 4.00. The van der Waals surface area contributed by atoms with Crippen LogP contribution in [0.15, 0.2) is 72.8 Å². The van der Waals surface area contributed by atoms with Crippen molar-refractivity contribution in [3.8, 4) is 22.4 Å². The number of rotatable bonds is 1. The van der Waals surface area contributed by atoms with E-state index in [-0.39, 0.29) is 25.5 Å². The molecule has 171 valence electrons. The molecule has 0 bridgehead atoms. The summed E-state index contributed by atoms with van der Waals surface area (Å²) >= 11 is 0. The van der Waals surface area contributed by atoms with Gasteiger partial charge in [0.05, 0.1) is 5.52 Å². The number of carboxylic acid groups (broad SMARTS) is 1. The third-order valence-corrected chi connectivity index (χ3v) is 6.06. The van der Waals surface area contributed by atoms with Crippen molar-refractivity contribution in [2.24, 2.45) is 5.41 Å². The van der Waals surface area contributed by atoms with Crippen molar-refractivity contribution >= 4 is 16.9 Å². The van der Waals surface area contributed by atoms with Gasteiger partial charge in [0.15, 0.2) is 0 Å². The first kappa shape index (κ1) is 24.8. The van der Waals surface area contributed by atoms with Gasteiger partial charge in [-0.1, -0.05) is 79.6 Å². The van der Waals surface area contributed by atoms with E-state index in [9.17, 15) is 0 Å². The molecule has 0 atom stereocenters. The van der Waals surface area contributed by atoms with Gasteiger partial charge in [0, 0.05) is 20.1 Å². The number of aliphatic hydroxyl groups excluding tert-OH is 1. The first-order chi connectivity index (χ1) is 15.1. The average molecular weight is 616 g/mol. The SMILES string of the molecule is CC(C)(C)C(O)=[OH+].CC1(C)c2ccccc2-c2c[c-]c(-c3ccc4ccccc4n3)cc21.[Ir]. The summed E-state index contributed by atoms with van der Waals surface area (Å²) in [5.74, 6) is -0.507. The minimum absolute atomic E-state index is 0. The maximum absolute atomic E-state index is 8.36. The number of aliphatic carboxylic acids is 1. The number of para-hydroxylation sites is 1. The van der Waals surface area contributed by atoms with Gasteiger partial charge in [0.2, 0.25) is 0 Å². The predicted octanol–water partition coefficient (Wildman–Crippen LogP) is 7.10. The van der Waals surface area contributed by atoms with Gasteiger partial charge in [0.25, 0.3) is 0 Å². The zero-order valence-corrected chi connectivity index (χ0v) is 22.0. The predicted molar refractivity (Wildman–Crippen MR) is 133 cm³/mol. The number of aromatic nitrogens is 1. The van der Waals surface area contributed by atoms with Crippen molar-refractivity contribution in [1.82, 2.24) is 4.98 Å². The minimum Gasteiger partial charge on any atom is -0.339 e. The van der Waals surface area contributed by atoms with E-state index in [0.29, 0.717) is 0 Å². The summed E-state index contributed by atoms with van der Waals surface area (Å²) < 4.78 is 0. The molecule has 3 aromatic carbocycles. The molecule has 5 rings (SSSR count). The number of nitrogens with zero attached hydrogens (tertiary/aromatic N) is 1. The number of fused-ring (bicyclic) bond motifs is 4. The summed E-state index contributed by atoms with van der Waals surface area (Å²) in [4.78, 5) is 13.2. The molecule has 4 aromatic rings. The van der Waals surface area contributed by atoms with Crippen LogP contribution < -0.4 is 0 Å². The van der Waals surface area contributed by atoms with Crippen LogP contribution >= 0.6 is 0 Å². The maximum Gasteiger partial charge on any atom is 0.485 e. The zero-order chi connectivity index (χ0) is 23.1. The molecule has 0 unspecified atom stereocenters. The normalized spacial score (nSPS) is 13.2. The minimum atomic E-state index is -0.507. The Morgan fingerprint density at radius 2 is 1.55 bits per heavy atom. The molecule has 1 aliphatic rings. The van der Waals surface area contributed by atoms with Crippen molar-refractivity contribution in [2.75, 3.05) is 0 Å². The van der Waals surface area contributed by atoms with Gasteiger partial charge in [-0.05, 0) is 48.9 Å². The number of benzene rings is 3. The van der Waals surface area contributed by atoms with Crippen LogP contribution in [-0.4, -0.2) is 20.9 Å². The molecule has 0 saturated heterocycles. The third kappa shape index (κ3) is 4.78.